The minimum atomic E-state index is -0.502. The number of carbonyl (C=O) groups is 1. The van der Waals surface area contributed by atoms with Gasteiger partial charge in [0.15, 0.2) is 23.0 Å². The summed E-state index contributed by atoms with van der Waals surface area (Å²) in [7, 11) is 6.05. The summed E-state index contributed by atoms with van der Waals surface area (Å²) in [5.41, 5.74) is 2.52. The summed E-state index contributed by atoms with van der Waals surface area (Å²) in [5.74, 6) is 1.49. The smallest absolute Gasteiger partial charge is 0.308 e. The fourth-order valence-corrected chi connectivity index (χ4v) is 3.86. The minimum absolute atomic E-state index is 0.174. The van der Waals surface area contributed by atoms with E-state index in [9.17, 15) is 10.1 Å². The summed E-state index contributed by atoms with van der Waals surface area (Å²) in [6, 6.07) is 11.0. The van der Waals surface area contributed by atoms with Gasteiger partial charge in [-0.1, -0.05) is 0 Å². The van der Waals surface area contributed by atoms with Gasteiger partial charge in [-0.2, -0.15) is 5.26 Å². The summed E-state index contributed by atoms with van der Waals surface area (Å²) in [5, 5.41) is 12.2. The molecule has 3 aromatic rings. The Morgan fingerprint density at radius 3 is 2.15 bits per heavy atom. The van der Waals surface area contributed by atoms with E-state index in [4.69, 9.17) is 23.7 Å². The van der Waals surface area contributed by atoms with Gasteiger partial charge in [0.1, 0.15) is 11.1 Å². The highest BCUT2D eigenvalue weighted by atomic mass is 32.1. The lowest BCUT2D eigenvalue weighted by atomic mass is 10.1. The molecule has 0 fully saturated rings. The lowest BCUT2D eigenvalue weighted by molar-refractivity contribution is -0.132. The van der Waals surface area contributed by atoms with Crippen LogP contribution in [0.15, 0.2) is 35.7 Å². The van der Waals surface area contributed by atoms with E-state index in [1.807, 2.05) is 17.5 Å². The molecule has 0 aliphatic rings. The number of nitriles is 1. The summed E-state index contributed by atoms with van der Waals surface area (Å²) in [6.07, 6.45) is 1.67. The first-order valence-corrected chi connectivity index (χ1v) is 10.6. The number of methoxy groups -OCH3 is 4. The van der Waals surface area contributed by atoms with Crippen molar-refractivity contribution in [1.82, 2.24) is 4.98 Å². The van der Waals surface area contributed by atoms with Crippen LogP contribution in [0.2, 0.25) is 0 Å². The normalized spacial score (nSPS) is 10.8. The molecule has 0 bridgehead atoms. The largest absolute Gasteiger partial charge is 0.493 e. The van der Waals surface area contributed by atoms with Gasteiger partial charge in [0.2, 0.25) is 5.75 Å². The molecular weight excluding hydrogens is 444 g/mol. The van der Waals surface area contributed by atoms with E-state index in [1.165, 1.54) is 32.5 Å². The molecule has 8 nitrogen and oxygen atoms in total. The number of allylic oxidation sites excluding steroid dienone is 1. The molecule has 0 amide bonds. The zero-order valence-electron chi connectivity index (χ0n) is 18.8. The molecule has 0 atom stereocenters. The lowest BCUT2D eigenvalue weighted by Crippen LogP contribution is -2.05. The van der Waals surface area contributed by atoms with Crippen LogP contribution in [-0.4, -0.2) is 39.4 Å². The van der Waals surface area contributed by atoms with Crippen molar-refractivity contribution in [1.29, 1.82) is 5.26 Å². The molecule has 0 spiro atoms. The molecule has 0 aliphatic heterocycles. The van der Waals surface area contributed by atoms with Crippen LogP contribution in [0.3, 0.4) is 0 Å². The Balaban J connectivity index is 1.99. The van der Waals surface area contributed by atoms with Crippen molar-refractivity contribution < 1.29 is 28.5 Å². The van der Waals surface area contributed by atoms with Gasteiger partial charge in [-0.3, -0.25) is 4.79 Å². The molecule has 33 heavy (non-hydrogen) atoms. The van der Waals surface area contributed by atoms with E-state index in [-0.39, 0.29) is 5.75 Å². The van der Waals surface area contributed by atoms with Crippen molar-refractivity contribution >= 4 is 29.0 Å². The van der Waals surface area contributed by atoms with Gasteiger partial charge in [0, 0.05) is 17.9 Å². The number of hydrogen-bond donors (Lipinski definition) is 0. The Labute approximate surface area is 195 Å². The Morgan fingerprint density at radius 1 is 0.970 bits per heavy atom. The molecule has 0 aliphatic carbocycles. The van der Waals surface area contributed by atoms with Crippen LogP contribution in [-0.2, 0) is 4.79 Å². The third kappa shape index (κ3) is 5.25. The van der Waals surface area contributed by atoms with Crippen LogP contribution in [0, 0.1) is 11.3 Å². The van der Waals surface area contributed by atoms with Crippen molar-refractivity contribution in [2.75, 3.05) is 28.4 Å². The zero-order valence-corrected chi connectivity index (χ0v) is 19.6. The molecule has 170 valence electrons. The van der Waals surface area contributed by atoms with Crippen molar-refractivity contribution in [3.05, 3.63) is 46.3 Å². The Bertz CT molecular complexity index is 1220. The number of benzene rings is 2. The maximum absolute atomic E-state index is 11.4. The molecule has 2 aromatic carbocycles. The second-order valence-corrected chi connectivity index (χ2v) is 7.48. The highest BCUT2D eigenvalue weighted by Gasteiger charge is 2.17. The van der Waals surface area contributed by atoms with Crippen LogP contribution in [0.25, 0.3) is 22.9 Å². The predicted molar refractivity (Wildman–Crippen MR) is 125 cm³/mol. The number of aromatic nitrogens is 1. The van der Waals surface area contributed by atoms with Crippen molar-refractivity contribution in [3.8, 4) is 46.1 Å². The summed E-state index contributed by atoms with van der Waals surface area (Å²) in [4.78, 5) is 16.0. The average molecular weight is 467 g/mol. The topological polar surface area (TPSA) is 99.9 Å². The summed E-state index contributed by atoms with van der Waals surface area (Å²) < 4.78 is 26.6. The molecule has 1 heterocycles. The van der Waals surface area contributed by atoms with E-state index in [0.717, 1.165) is 5.56 Å². The fraction of sp³-hybridized carbons (Fsp3) is 0.208. The lowest BCUT2D eigenvalue weighted by Gasteiger charge is -2.13. The zero-order chi connectivity index (χ0) is 24.0. The van der Waals surface area contributed by atoms with Crippen molar-refractivity contribution in [3.63, 3.8) is 0 Å². The average Bonchev–Trinajstić information content (AvgIpc) is 3.32. The number of hydrogen-bond acceptors (Lipinski definition) is 9. The van der Waals surface area contributed by atoms with E-state index in [0.29, 0.717) is 44.8 Å². The third-order valence-electron chi connectivity index (χ3n) is 4.57. The van der Waals surface area contributed by atoms with Gasteiger partial charge < -0.3 is 23.7 Å². The molecule has 0 saturated carbocycles. The Hall–Kier alpha value is -4.03. The first kappa shape index (κ1) is 23.6. The van der Waals surface area contributed by atoms with Crippen LogP contribution in [0.5, 0.6) is 28.7 Å². The maximum atomic E-state index is 11.4. The minimum Gasteiger partial charge on any atom is -0.493 e. The van der Waals surface area contributed by atoms with Gasteiger partial charge in [-0.25, -0.2) is 4.98 Å². The molecule has 1 aromatic heterocycles. The number of nitrogens with zero attached hydrogens (tertiary/aromatic N) is 2. The van der Waals surface area contributed by atoms with Crippen LogP contribution in [0.1, 0.15) is 17.5 Å². The van der Waals surface area contributed by atoms with Gasteiger partial charge in [0.25, 0.3) is 0 Å². The Morgan fingerprint density at radius 2 is 1.61 bits per heavy atom. The molecule has 0 unspecified atom stereocenters. The standard InChI is InChI=1S/C24H22N2O6S/c1-14(27)32-23-21(30-4)9-15(10-22(23)31-5)8-17(12-25)24-26-18(13-33-24)16-6-7-19(28-2)20(11-16)29-3/h6-11,13H,1-5H3/b17-8+. The maximum Gasteiger partial charge on any atom is 0.308 e. The molecule has 0 radical (unpaired) electrons. The SMILES string of the molecule is COc1ccc(-c2csc(/C(C#N)=C/c3cc(OC)c(OC(C)=O)c(OC)c3)n2)cc1OC. The number of ether oxygens (including phenoxy) is 5. The first-order chi connectivity index (χ1) is 15.9. The monoisotopic (exact) mass is 466 g/mol. The molecule has 0 N–H and O–H groups in total. The second kappa shape index (κ2) is 10.5. The van der Waals surface area contributed by atoms with Crippen LogP contribution in [0.4, 0.5) is 0 Å². The molecule has 0 saturated heterocycles. The van der Waals surface area contributed by atoms with Gasteiger partial charge in [-0.15, -0.1) is 11.3 Å². The molecule has 3 rings (SSSR count). The highest BCUT2D eigenvalue weighted by Crippen LogP contribution is 2.40. The quantitative estimate of drug-likeness (QED) is 0.264. The van der Waals surface area contributed by atoms with E-state index < -0.39 is 5.97 Å². The van der Waals surface area contributed by atoms with Gasteiger partial charge >= 0.3 is 5.97 Å². The van der Waals surface area contributed by atoms with Crippen molar-refractivity contribution in [2.24, 2.45) is 0 Å². The van der Waals surface area contributed by atoms with Crippen molar-refractivity contribution in [2.45, 2.75) is 6.92 Å². The van der Waals surface area contributed by atoms with Crippen LogP contribution < -0.4 is 23.7 Å². The Kier molecular flexibility index (Phi) is 7.53. The third-order valence-corrected chi connectivity index (χ3v) is 5.45. The number of esters is 1. The molecule has 9 heteroatoms. The van der Waals surface area contributed by atoms with Gasteiger partial charge in [0.05, 0.1) is 39.7 Å². The summed E-state index contributed by atoms with van der Waals surface area (Å²) >= 11 is 1.35. The number of carbonyl (C=O) groups excluding carboxylic acids is 1. The molecular formula is C24H22N2O6S. The van der Waals surface area contributed by atoms with E-state index in [1.54, 1.807) is 38.5 Å². The van der Waals surface area contributed by atoms with Gasteiger partial charge in [-0.05, 0) is 42.0 Å². The predicted octanol–water partition coefficient (Wildman–Crippen LogP) is 4.83. The summed E-state index contributed by atoms with van der Waals surface area (Å²) in [6.45, 7) is 1.29. The highest BCUT2D eigenvalue weighted by molar-refractivity contribution is 7.11. The van der Waals surface area contributed by atoms with Crippen LogP contribution >= 0.6 is 11.3 Å². The number of rotatable bonds is 8. The van der Waals surface area contributed by atoms with E-state index >= 15 is 0 Å². The number of thiazole rings is 1. The first-order valence-electron chi connectivity index (χ1n) is 9.68. The van der Waals surface area contributed by atoms with E-state index in [2.05, 4.69) is 11.1 Å². The fourth-order valence-electron chi connectivity index (χ4n) is 3.06. The second-order valence-electron chi connectivity index (χ2n) is 6.63.